The molecule has 0 atom stereocenters. The Bertz CT molecular complexity index is 826. The summed E-state index contributed by atoms with van der Waals surface area (Å²) in [5.41, 5.74) is 1.79. The van der Waals surface area contributed by atoms with Crippen molar-refractivity contribution in [3.63, 3.8) is 0 Å². The number of nitrogens with one attached hydrogen (secondary N) is 2. The van der Waals surface area contributed by atoms with E-state index < -0.39 is 0 Å². The minimum absolute atomic E-state index is 0.0167. The van der Waals surface area contributed by atoms with Crippen LogP contribution in [-0.4, -0.2) is 42.6 Å². The van der Waals surface area contributed by atoms with E-state index in [4.69, 9.17) is 0 Å². The molecular weight excluding hydrogens is 362 g/mol. The smallest absolute Gasteiger partial charge is 0.246 e. The highest BCUT2D eigenvalue weighted by atomic mass is 16.1. The molecule has 3 rings (SSSR count). The zero-order valence-electron chi connectivity index (χ0n) is 17.6. The Morgan fingerprint density at radius 1 is 1.14 bits per heavy atom. The molecule has 0 bridgehead atoms. The molecule has 6 nitrogen and oxygen atoms in total. The van der Waals surface area contributed by atoms with Gasteiger partial charge in [-0.15, -0.1) is 0 Å². The molecule has 0 spiro atoms. The third-order valence-electron chi connectivity index (χ3n) is 5.37. The third kappa shape index (κ3) is 6.31. The van der Waals surface area contributed by atoms with Gasteiger partial charge in [-0.05, 0) is 56.2 Å². The van der Waals surface area contributed by atoms with E-state index in [2.05, 4.69) is 20.6 Å². The highest BCUT2D eigenvalue weighted by Gasteiger charge is 2.22. The summed E-state index contributed by atoms with van der Waals surface area (Å²) in [6.45, 7) is 2.60. The fourth-order valence-corrected chi connectivity index (χ4v) is 3.60. The first-order chi connectivity index (χ1) is 14.0. The van der Waals surface area contributed by atoms with Crippen LogP contribution in [0.2, 0.25) is 0 Å². The zero-order chi connectivity index (χ0) is 20.6. The van der Waals surface area contributed by atoms with Gasteiger partial charge < -0.3 is 15.5 Å². The molecule has 0 radical (unpaired) electrons. The Labute approximate surface area is 173 Å². The molecule has 2 N–H and O–H groups in total. The number of aromatic nitrogens is 2. The largest absolute Gasteiger partial charge is 0.363 e. The fourth-order valence-electron chi connectivity index (χ4n) is 3.60. The summed E-state index contributed by atoms with van der Waals surface area (Å²) < 4.78 is 0. The van der Waals surface area contributed by atoms with Crippen LogP contribution in [0.15, 0.2) is 48.2 Å². The van der Waals surface area contributed by atoms with Crippen molar-refractivity contribution in [1.82, 2.24) is 15.3 Å². The van der Waals surface area contributed by atoms with Gasteiger partial charge >= 0.3 is 0 Å². The number of nitrogens with zero attached hydrogens (tertiary/aromatic N) is 3. The fraction of sp³-hybridized carbons (Fsp3) is 0.435. The average molecular weight is 394 g/mol. The van der Waals surface area contributed by atoms with Crippen LogP contribution in [-0.2, 0) is 4.79 Å². The van der Waals surface area contributed by atoms with Gasteiger partial charge in [0.1, 0.15) is 5.82 Å². The van der Waals surface area contributed by atoms with E-state index >= 15 is 0 Å². The van der Waals surface area contributed by atoms with Gasteiger partial charge in [0, 0.05) is 38.5 Å². The Hall–Kier alpha value is -2.89. The van der Waals surface area contributed by atoms with Gasteiger partial charge in [0.05, 0.1) is 0 Å². The van der Waals surface area contributed by atoms with Gasteiger partial charge in [-0.25, -0.2) is 4.98 Å². The van der Waals surface area contributed by atoms with Gasteiger partial charge in [-0.3, -0.25) is 4.79 Å². The van der Waals surface area contributed by atoms with Crippen molar-refractivity contribution in [2.24, 2.45) is 5.92 Å². The van der Waals surface area contributed by atoms with Crippen LogP contribution < -0.4 is 15.5 Å². The minimum atomic E-state index is 0.0167. The van der Waals surface area contributed by atoms with E-state index in [0.29, 0.717) is 17.9 Å². The Morgan fingerprint density at radius 2 is 1.86 bits per heavy atom. The average Bonchev–Trinajstić information content (AvgIpc) is 2.74. The van der Waals surface area contributed by atoms with Crippen molar-refractivity contribution in [2.45, 2.75) is 38.6 Å². The monoisotopic (exact) mass is 393 g/mol. The number of carbonyl (C=O) groups is 1. The lowest BCUT2D eigenvalue weighted by atomic mass is 9.86. The number of hydrogen-bond donors (Lipinski definition) is 2. The second kappa shape index (κ2) is 10.0. The van der Waals surface area contributed by atoms with Crippen LogP contribution >= 0.6 is 0 Å². The molecule has 1 amide bonds. The highest BCUT2D eigenvalue weighted by molar-refractivity contribution is 5.97. The summed E-state index contributed by atoms with van der Waals surface area (Å²) in [6, 6.07) is 12.2. The van der Waals surface area contributed by atoms with Crippen LogP contribution in [0.25, 0.3) is 6.08 Å². The summed E-state index contributed by atoms with van der Waals surface area (Å²) in [5, 5.41) is 6.56. The molecular formula is C23H31N5O. The van der Waals surface area contributed by atoms with E-state index in [1.54, 1.807) is 6.20 Å². The lowest BCUT2D eigenvalue weighted by Gasteiger charge is -2.29. The lowest BCUT2D eigenvalue weighted by Crippen LogP contribution is -2.34. The SMILES string of the molecule is CC(=Cc1ccccc1)C(=O)NCC1CCC(Nc2nccc(N(C)C)n2)CC1. The van der Waals surface area contributed by atoms with E-state index in [1.165, 1.54) is 0 Å². The molecule has 0 unspecified atom stereocenters. The Kier molecular flexibility index (Phi) is 7.22. The minimum Gasteiger partial charge on any atom is -0.363 e. The molecule has 1 heterocycles. The van der Waals surface area contributed by atoms with E-state index in [0.717, 1.165) is 49.2 Å². The normalized spacial score (nSPS) is 19.5. The molecule has 1 saturated carbocycles. The molecule has 6 heteroatoms. The summed E-state index contributed by atoms with van der Waals surface area (Å²) >= 11 is 0. The molecule has 1 aromatic heterocycles. The lowest BCUT2D eigenvalue weighted by molar-refractivity contribution is -0.117. The second-order valence-corrected chi connectivity index (χ2v) is 7.94. The maximum atomic E-state index is 12.4. The maximum absolute atomic E-state index is 12.4. The highest BCUT2D eigenvalue weighted by Crippen LogP contribution is 2.26. The predicted molar refractivity (Wildman–Crippen MR) is 119 cm³/mol. The van der Waals surface area contributed by atoms with Crippen molar-refractivity contribution in [1.29, 1.82) is 0 Å². The summed E-state index contributed by atoms with van der Waals surface area (Å²) in [7, 11) is 3.95. The molecule has 1 aliphatic rings. The number of hydrogen-bond acceptors (Lipinski definition) is 5. The zero-order valence-corrected chi connectivity index (χ0v) is 17.6. The summed E-state index contributed by atoms with van der Waals surface area (Å²) in [5.74, 6) is 2.13. The molecule has 29 heavy (non-hydrogen) atoms. The summed E-state index contributed by atoms with van der Waals surface area (Å²) in [4.78, 5) is 23.2. The van der Waals surface area contributed by atoms with Crippen LogP contribution in [0.5, 0.6) is 0 Å². The third-order valence-corrected chi connectivity index (χ3v) is 5.37. The van der Waals surface area contributed by atoms with Crippen molar-refractivity contribution in [2.75, 3.05) is 30.9 Å². The van der Waals surface area contributed by atoms with Crippen molar-refractivity contribution < 1.29 is 4.79 Å². The number of carbonyl (C=O) groups excluding carboxylic acids is 1. The molecule has 1 fully saturated rings. The van der Waals surface area contributed by atoms with Crippen LogP contribution in [0.1, 0.15) is 38.2 Å². The van der Waals surface area contributed by atoms with Crippen LogP contribution in [0.4, 0.5) is 11.8 Å². The molecule has 2 aromatic rings. The van der Waals surface area contributed by atoms with Gasteiger partial charge in [-0.2, -0.15) is 4.98 Å². The predicted octanol–water partition coefficient (Wildman–Crippen LogP) is 3.73. The van der Waals surface area contributed by atoms with Crippen molar-refractivity contribution in [3.05, 3.63) is 53.7 Å². The first-order valence-electron chi connectivity index (χ1n) is 10.3. The Balaban J connectivity index is 1.42. The molecule has 0 aliphatic heterocycles. The van der Waals surface area contributed by atoms with Crippen molar-refractivity contribution >= 4 is 23.7 Å². The maximum Gasteiger partial charge on any atom is 0.246 e. The summed E-state index contributed by atoms with van der Waals surface area (Å²) in [6.07, 6.45) is 8.03. The number of rotatable bonds is 7. The topological polar surface area (TPSA) is 70.2 Å². The van der Waals surface area contributed by atoms with Crippen LogP contribution in [0, 0.1) is 5.92 Å². The first kappa shape index (κ1) is 20.8. The van der Waals surface area contributed by atoms with Gasteiger partial charge in [0.25, 0.3) is 0 Å². The number of amides is 1. The van der Waals surface area contributed by atoms with Gasteiger partial charge in [0.15, 0.2) is 0 Å². The first-order valence-corrected chi connectivity index (χ1v) is 10.3. The van der Waals surface area contributed by atoms with E-state index in [9.17, 15) is 4.79 Å². The van der Waals surface area contributed by atoms with E-state index in [1.807, 2.05) is 68.4 Å². The van der Waals surface area contributed by atoms with Gasteiger partial charge in [-0.1, -0.05) is 30.3 Å². The number of benzene rings is 1. The number of anilines is 2. The van der Waals surface area contributed by atoms with E-state index in [-0.39, 0.29) is 5.91 Å². The molecule has 1 aliphatic carbocycles. The second-order valence-electron chi connectivity index (χ2n) is 7.94. The molecule has 1 aromatic carbocycles. The van der Waals surface area contributed by atoms with Crippen molar-refractivity contribution in [3.8, 4) is 0 Å². The quantitative estimate of drug-likeness (QED) is 0.702. The Morgan fingerprint density at radius 3 is 2.55 bits per heavy atom. The van der Waals surface area contributed by atoms with Gasteiger partial charge in [0.2, 0.25) is 11.9 Å². The molecule has 154 valence electrons. The van der Waals surface area contributed by atoms with Crippen LogP contribution in [0.3, 0.4) is 0 Å². The standard InChI is InChI=1S/C23H31N5O/c1-17(15-18-7-5-4-6-8-18)22(29)25-16-19-9-11-20(12-10-19)26-23-24-14-13-21(27-23)28(2)3/h4-8,13-15,19-20H,9-12,16H2,1-3H3,(H,25,29)(H,24,26,27). The molecule has 0 saturated heterocycles.